The van der Waals surface area contributed by atoms with E-state index in [1.807, 2.05) is 50.2 Å². The first-order chi connectivity index (χ1) is 14.7. The summed E-state index contributed by atoms with van der Waals surface area (Å²) in [6, 6.07) is 16.2. The van der Waals surface area contributed by atoms with Crippen LogP contribution in [0.5, 0.6) is 11.5 Å². The maximum Gasteiger partial charge on any atom is 0.128 e. The highest BCUT2D eigenvalue weighted by Crippen LogP contribution is 2.32. The molecule has 4 rings (SSSR count). The minimum atomic E-state index is 0.649. The van der Waals surface area contributed by atoms with Crippen LogP contribution in [-0.4, -0.2) is 23.2 Å². The molecule has 0 amide bonds. The van der Waals surface area contributed by atoms with Gasteiger partial charge in [0.2, 0.25) is 0 Å². The van der Waals surface area contributed by atoms with Crippen LogP contribution in [0.2, 0.25) is 0 Å². The number of rotatable bonds is 9. The van der Waals surface area contributed by atoms with Crippen LogP contribution in [0.25, 0.3) is 22.5 Å². The van der Waals surface area contributed by atoms with Crippen molar-refractivity contribution in [3.05, 3.63) is 69.3 Å². The fourth-order valence-electron chi connectivity index (χ4n) is 3.15. The molecular weight excluding hydrogens is 412 g/mol. The molecule has 0 aliphatic heterocycles. The number of aromatic nitrogens is 2. The molecular formula is C24H24N2O2S2. The third kappa shape index (κ3) is 5.07. The first-order valence-corrected chi connectivity index (χ1v) is 11.8. The molecule has 0 bridgehead atoms. The lowest BCUT2D eigenvalue weighted by Gasteiger charge is -2.12. The van der Waals surface area contributed by atoms with E-state index in [1.165, 1.54) is 0 Å². The van der Waals surface area contributed by atoms with Crippen molar-refractivity contribution in [1.29, 1.82) is 0 Å². The lowest BCUT2D eigenvalue weighted by molar-refractivity contribution is 0.267. The number of nitrogens with zero attached hydrogens (tertiary/aromatic N) is 2. The summed E-state index contributed by atoms with van der Waals surface area (Å²) < 4.78 is 12.1. The van der Waals surface area contributed by atoms with Crippen LogP contribution in [0, 0.1) is 13.8 Å². The molecule has 0 saturated carbocycles. The highest BCUT2D eigenvalue weighted by molar-refractivity contribution is 7.10. The van der Waals surface area contributed by atoms with Crippen LogP contribution in [0.4, 0.5) is 0 Å². The molecule has 4 nitrogen and oxygen atoms in total. The van der Waals surface area contributed by atoms with Gasteiger partial charge in [0, 0.05) is 21.9 Å². The predicted octanol–water partition coefficient (Wildman–Crippen LogP) is 6.79. The van der Waals surface area contributed by atoms with Gasteiger partial charge in [-0.3, -0.25) is 0 Å². The third-order valence-electron chi connectivity index (χ3n) is 4.62. The summed E-state index contributed by atoms with van der Waals surface area (Å²) >= 11 is 3.31. The van der Waals surface area contributed by atoms with Crippen molar-refractivity contribution in [3.63, 3.8) is 0 Å². The van der Waals surface area contributed by atoms with E-state index in [0.717, 1.165) is 56.9 Å². The van der Waals surface area contributed by atoms with Crippen LogP contribution < -0.4 is 9.47 Å². The number of hydrogen-bond donors (Lipinski definition) is 0. The predicted molar refractivity (Wildman–Crippen MR) is 125 cm³/mol. The number of benzene rings is 2. The summed E-state index contributed by atoms with van der Waals surface area (Å²) in [5.74, 6) is 1.76. The van der Waals surface area contributed by atoms with Gasteiger partial charge in [0.25, 0.3) is 0 Å². The number of aryl methyl sites for hydroxylation is 2. The van der Waals surface area contributed by atoms with Crippen LogP contribution >= 0.6 is 22.7 Å². The maximum absolute atomic E-state index is 6.05. The first-order valence-electron chi connectivity index (χ1n) is 9.99. The highest BCUT2D eigenvalue weighted by atomic mass is 32.1. The molecule has 0 unspecified atom stereocenters. The minimum Gasteiger partial charge on any atom is -0.493 e. The molecule has 2 aromatic carbocycles. The van der Waals surface area contributed by atoms with Crippen LogP contribution in [-0.2, 0) is 0 Å². The monoisotopic (exact) mass is 436 g/mol. The summed E-state index contributed by atoms with van der Waals surface area (Å²) in [5.41, 5.74) is 4.05. The Kier molecular flexibility index (Phi) is 6.77. The number of thiazole rings is 2. The molecule has 0 fully saturated rings. The summed E-state index contributed by atoms with van der Waals surface area (Å²) in [4.78, 5) is 9.16. The van der Waals surface area contributed by atoms with Gasteiger partial charge in [0.05, 0.1) is 34.6 Å². The molecule has 0 N–H and O–H groups in total. The molecule has 2 aromatic heterocycles. The molecule has 0 spiro atoms. The van der Waals surface area contributed by atoms with Gasteiger partial charge in [-0.2, -0.15) is 0 Å². The van der Waals surface area contributed by atoms with Crippen LogP contribution in [0.3, 0.4) is 0 Å². The second-order valence-electron chi connectivity index (χ2n) is 6.90. The Hall–Kier alpha value is -2.70. The lowest BCUT2D eigenvalue weighted by atomic mass is 10.1. The average molecular weight is 437 g/mol. The maximum atomic E-state index is 6.05. The summed E-state index contributed by atoms with van der Waals surface area (Å²) in [5, 5.41) is 6.27. The molecule has 6 heteroatoms. The van der Waals surface area contributed by atoms with Crippen LogP contribution in [0.1, 0.15) is 22.9 Å². The fourth-order valence-corrected chi connectivity index (χ4v) is 4.38. The van der Waals surface area contributed by atoms with Gasteiger partial charge in [-0.1, -0.05) is 24.3 Å². The van der Waals surface area contributed by atoms with Crippen molar-refractivity contribution in [1.82, 2.24) is 9.97 Å². The van der Waals surface area contributed by atoms with E-state index in [-0.39, 0.29) is 0 Å². The van der Waals surface area contributed by atoms with E-state index in [2.05, 4.69) is 32.9 Å². The second kappa shape index (κ2) is 9.87. The van der Waals surface area contributed by atoms with Crippen molar-refractivity contribution < 1.29 is 9.47 Å². The van der Waals surface area contributed by atoms with Gasteiger partial charge in [-0.25, -0.2) is 9.97 Å². The summed E-state index contributed by atoms with van der Waals surface area (Å²) in [6.45, 7) is 5.34. The van der Waals surface area contributed by atoms with E-state index in [9.17, 15) is 0 Å². The standard InChI is InChI=1S/C24H24N2O2S2/c1-17-25-21(15-29-17)19-9-3-5-11-23(19)27-13-7-8-14-28-24-12-6-4-10-20(24)22-16-30-18(2)26-22/h3-6,9-12,15-16H,7-8,13-14H2,1-2H3. The molecule has 0 aliphatic carbocycles. The average Bonchev–Trinajstić information content (AvgIpc) is 3.39. The van der Waals surface area contributed by atoms with Crippen molar-refractivity contribution in [2.75, 3.05) is 13.2 Å². The normalized spacial score (nSPS) is 10.9. The Morgan fingerprint density at radius 1 is 0.667 bits per heavy atom. The van der Waals surface area contributed by atoms with Crippen molar-refractivity contribution in [3.8, 4) is 34.0 Å². The topological polar surface area (TPSA) is 44.2 Å². The summed E-state index contributed by atoms with van der Waals surface area (Å²) in [6.07, 6.45) is 1.84. The van der Waals surface area contributed by atoms with E-state index in [4.69, 9.17) is 9.47 Å². The molecule has 154 valence electrons. The number of unbranched alkanes of at least 4 members (excludes halogenated alkanes) is 1. The van der Waals surface area contributed by atoms with E-state index < -0.39 is 0 Å². The zero-order valence-electron chi connectivity index (χ0n) is 17.1. The highest BCUT2D eigenvalue weighted by Gasteiger charge is 2.10. The number of para-hydroxylation sites is 2. The zero-order valence-corrected chi connectivity index (χ0v) is 18.8. The Balaban J connectivity index is 1.28. The molecule has 0 radical (unpaired) electrons. The molecule has 0 atom stereocenters. The first kappa shape index (κ1) is 20.6. The Labute approximate surface area is 185 Å². The quantitative estimate of drug-likeness (QED) is 0.271. The Morgan fingerprint density at radius 2 is 1.10 bits per heavy atom. The Morgan fingerprint density at radius 3 is 1.50 bits per heavy atom. The van der Waals surface area contributed by atoms with Crippen molar-refractivity contribution >= 4 is 22.7 Å². The Bertz CT molecular complexity index is 1020. The molecule has 4 aromatic rings. The third-order valence-corrected chi connectivity index (χ3v) is 6.16. The minimum absolute atomic E-state index is 0.649. The molecule has 0 saturated heterocycles. The van der Waals surface area contributed by atoms with Gasteiger partial charge in [-0.05, 0) is 51.0 Å². The fraction of sp³-hybridized carbons (Fsp3) is 0.250. The second-order valence-corrected chi connectivity index (χ2v) is 9.02. The largest absolute Gasteiger partial charge is 0.493 e. The summed E-state index contributed by atoms with van der Waals surface area (Å²) in [7, 11) is 0. The van der Waals surface area contributed by atoms with Gasteiger partial charge >= 0.3 is 0 Å². The molecule has 2 heterocycles. The number of ether oxygens (including phenoxy) is 2. The van der Waals surface area contributed by atoms with Crippen molar-refractivity contribution in [2.24, 2.45) is 0 Å². The molecule has 30 heavy (non-hydrogen) atoms. The van der Waals surface area contributed by atoms with E-state index in [1.54, 1.807) is 22.7 Å². The molecule has 0 aliphatic rings. The van der Waals surface area contributed by atoms with Gasteiger partial charge in [0.1, 0.15) is 11.5 Å². The van der Waals surface area contributed by atoms with Gasteiger partial charge < -0.3 is 9.47 Å². The van der Waals surface area contributed by atoms with E-state index in [0.29, 0.717) is 13.2 Å². The lowest BCUT2D eigenvalue weighted by Crippen LogP contribution is -2.04. The van der Waals surface area contributed by atoms with E-state index >= 15 is 0 Å². The van der Waals surface area contributed by atoms with Crippen molar-refractivity contribution in [2.45, 2.75) is 26.7 Å². The zero-order chi connectivity index (χ0) is 20.8. The SMILES string of the molecule is Cc1nc(-c2ccccc2OCCCCOc2ccccc2-c2csc(C)n2)cs1. The number of hydrogen-bond acceptors (Lipinski definition) is 6. The smallest absolute Gasteiger partial charge is 0.128 e. The van der Waals surface area contributed by atoms with Gasteiger partial charge in [0.15, 0.2) is 0 Å². The van der Waals surface area contributed by atoms with Crippen LogP contribution in [0.15, 0.2) is 59.3 Å². The van der Waals surface area contributed by atoms with Gasteiger partial charge in [-0.15, -0.1) is 22.7 Å².